The summed E-state index contributed by atoms with van der Waals surface area (Å²) in [6.45, 7) is 1.45. The van der Waals surface area contributed by atoms with Crippen molar-refractivity contribution in [1.29, 1.82) is 0 Å². The van der Waals surface area contributed by atoms with Crippen LogP contribution in [0.15, 0.2) is 6.07 Å². The SMILES string of the molecule is CC(C)n1nc(I)cc1C1[C@H]2CC(COS(=O)(=O)C(F)(F)F)(COS(=O)(=O)C(F)(F)F)C[C@@H]12. The van der Waals surface area contributed by atoms with Crippen LogP contribution >= 0.6 is 22.6 Å². The van der Waals surface area contributed by atoms with Crippen LogP contribution in [0.2, 0.25) is 0 Å². The first-order valence-electron chi connectivity index (χ1n) is 9.47. The molecule has 0 aromatic carbocycles. The van der Waals surface area contributed by atoms with E-state index in [0.29, 0.717) is 3.70 Å². The van der Waals surface area contributed by atoms with Gasteiger partial charge in [0, 0.05) is 23.1 Å². The Kier molecular flexibility index (Phi) is 6.92. The normalized spacial score (nSPS) is 25.5. The summed E-state index contributed by atoms with van der Waals surface area (Å²) in [7, 11) is -12.1. The molecule has 2 aliphatic carbocycles. The summed E-state index contributed by atoms with van der Waals surface area (Å²) in [5, 5.41) is 4.37. The standard InChI is InChI=1S/C16H19F6IN2O6S2/c1-8(2)25-11(3-12(23)24-25)13-9-4-14(5-10(9)13,6-30-32(26,27)15(17,18)19)7-31-33(28,29)16(20,21)22/h3,8-10,13H,4-7H2,1-2H3/t9-,10+,13?. The first-order chi connectivity index (χ1) is 14.8. The van der Waals surface area contributed by atoms with Crippen molar-refractivity contribution in [3.8, 4) is 0 Å². The third-order valence-electron chi connectivity index (χ3n) is 5.84. The van der Waals surface area contributed by atoms with Gasteiger partial charge in [0.05, 0.1) is 13.2 Å². The predicted molar refractivity (Wildman–Crippen MR) is 109 cm³/mol. The van der Waals surface area contributed by atoms with Gasteiger partial charge in [-0.25, -0.2) is 0 Å². The highest BCUT2D eigenvalue weighted by Crippen LogP contribution is 2.68. The van der Waals surface area contributed by atoms with Crippen LogP contribution in [0.3, 0.4) is 0 Å². The summed E-state index contributed by atoms with van der Waals surface area (Å²) in [5.74, 6) is -0.566. The quantitative estimate of drug-likeness (QED) is 0.184. The minimum Gasteiger partial charge on any atom is -0.266 e. The lowest BCUT2D eigenvalue weighted by atomic mass is 9.82. The Morgan fingerprint density at radius 3 is 1.82 bits per heavy atom. The average molecular weight is 640 g/mol. The molecular weight excluding hydrogens is 621 g/mol. The zero-order valence-corrected chi connectivity index (χ0v) is 20.8. The fourth-order valence-corrected chi connectivity index (χ4v) is 6.01. The molecule has 0 saturated heterocycles. The van der Waals surface area contributed by atoms with E-state index in [1.54, 1.807) is 4.68 Å². The lowest BCUT2D eigenvalue weighted by Crippen LogP contribution is -2.38. The topological polar surface area (TPSA) is 105 Å². The van der Waals surface area contributed by atoms with Gasteiger partial charge in [-0.3, -0.25) is 13.0 Å². The van der Waals surface area contributed by atoms with Crippen molar-refractivity contribution >= 4 is 42.8 Å². The lowest BCUT2D eigenvalue weighted by Gasteiger charge is -2.31. The molecule has 190 valence electrons. The van der Waals surface area contributed by atoms with Crippen molar-refractivity contribution in [2.45, 2.75) is 49.7 Å². The molecule has 1 aromatic heterocycles. The molecule has 8 nitrogen and oxygen atoms in total. The molecule has 2 saturated carbocycles. The van der Waals surface area contributed by atoms with E-state index >= 15 is 0 Å². The van der Waals surface area contributed by atoms with Crippen molar-refractivity contribution < 1.29 is 51.5 Å². The smallest absolute Gasteiger partial charge is 0.266 e. The summed E-state index contributed by atoms with van der Waals surface area (Å²) >= 11 is 2.01. The van der Waals surface area contributed by atoms with Crippen molar-refractivity contribution in [2.24, 2.45) is 17.3 Å². The van der Waals surface area contributed by atoms with Gasteiger partial charge < -0.3 is 0 Å². The molecule has 0 radical (unpaired) electrons. The second kappa shape index (κ2) is 8.48. The molecule has 2 fully saturated rings. The Morgan fingerprint density at radius 1 is 1.03 bits per heavy atom. The number of hydrogen-bond acceptors (Lipinski definition) is 7. The van der Waals surface area contributed by atoms with Gasteiger partial charge in [-0.05, 0) is 67.2 Å². The van der Waals surface area contributed by atoms with Crippen LogP contribution in [0.1, 0.15) is 44.3 Å². The molecule has 17 heteroatoms. The monoisotopic (exact) mass is 640 g/mol. The predicted octanol–water partition coefficient (Wildman–Crippen LogP) is 3.91. The minimum atomic E-state index is -6.03. The van der Waals surface area contributed by atoms with E-state index < -0.39 is 49.9 Å². The van der Waals surface area contributed by atoms with Crippen LogP contribution in [0.25, 0.3) is 0 Å². The van der Waals surface area contributed by atoms with Gasteiger partial charge in [0.25, 0.3) is 0 Å². The second-order valence-electron chi connectivity index (χ2n) is 8.52. The molecule has 2 aliphatic rings. The average Bonchev–Trinajstić information content (AvgIpc) is 2.99. The molecule has 3 rings (SSSR count). The zero-order chi connectivity index (χ0) is 25.2. The van der Waals surface area contributed by atoms with E-state index in [-0.39, 0.29) is 36.6 Å². The molecule has 3 atom stereocenters. The first-order valence-corrected chi connectivity index (χ1v) is 13.4. The second-order valence-corrected chi connectivity index (χ2v) is 12.8. The summed E-state index contributed by atoms with van der Waals surface area (Å²) in [6.07, 6.45) is -0.161. The fraction of sp³-hybridized carbons (Fsp3) is 0.812. The van der Waals surface area contributed by atoms with E-state index in [1.807, 2.05) is 42.5 Å². The Balaban J connectivity index is 1.81. The van der Waals surface area contributed by atoms with Crippen LogP contribution in [-0.4, -0.2) is 50.8 Å². The van der Waals surface area contributed by atoms with E-state index in [0.717, 1.165) is 5.69 Å². The molecule has 0 bridgehead atoms. The van der Waals surface area contributed by atoms with Gasteiger partial charge in [-0.2, -0.15) is 48.3 Å². The number of aromatic nitrogens is 2. The van der Waals surface area contributed by atoms with Crippen LogP contribution in [0, 0.1) is 21.0 Å². The van der Waals surface area contributed by atoms with E-state index in [9.17, 15) is 43.2 Å². The maximum Gasteiger partial charge on any atom is 0.523 e. The highest BCUT2D eigenvalue weighted by Gasteiger charge is 2.64. The van der Waals surface area contributed by atoms with Crippen molar-refractivity contribution in [2.75, 3.05) is 13.2 Å². The number of halogens is 7. The number of rotatable bonds is 8. The molecule has 0 spiro atoms. The number of hydrogen-bond donors (Lipinski definition) is 0. The van der Waals surface area contributed by atoms with Gasteiger partial charge in [-0.15, -0.1) is 0 Å². The van der Waals surface area contributed by atoms with Gasteiger partial charge in [0.15, 0.2) is 0 Å². The fourth-order valence-electron chi connectivity index (χ4n) is 4.38. The zero-order valence-electron chi connectivity index (χ0n) is 17.0. The van der Waals surface area contributed by atoms with E-state index in [2.05, 4.69) is 13.5 Å². The Labute approximate surface area is 199 Å². The molecule has 0 amide bonds. The maximum absolute atomic E-state index is 12.7. The van der Waals surface area contributed by atoms with Crippen molar-refractivity contribution in [3.05, 3.63) is 15.5 Å². The highest BCUT2D eigenvalue weighted by molar-refractivity contribution is 14.1. The van der Waals surface area contributed by atoms with Crippen molar-refractivity contribution in [3.63, 3.8) is 0 Å². The van der Waals surface area contributed by atoms with Gasteiger partial charge in [0.2, 0.25) is 0 Å². The third-order valence-corrected chi connectivity index (χ3v) is 8.36. The van der Waals surface area contributed by atoms with E-state index in [4.69, 9.17) is 0 Å². The van der Waals surface area contributed by atoms with Crippen LogP contribution in [0.5, 0.6) is 0 Å². The van der Waals surface area contributed by atoms with Crippen LogP contribution in [-0.2, 0) is 28.6 Å². The largest absolute Gasteiger partial charge is 0.523 e. The summed E-state index contributed by atoms with van der Waals surface area (Å²) < 4.78 is 132. The van der Waals surface area contributed by atoms with Crippen LogP contribution in [0.4, 0.5) is 26.3 Å². The summed E-state index contributed by atoms with van der Waals surface area (Å²) in [6, 6.07) is 1.82. The van der Waals surface area contributed by atoms with Gasteiger partial charge in [0.1, 0.15) is 3.70 Å². The van der Waals surface area contributed by atoms with Crippen LogP contribution < -0.4 is 0 Å². The maximum atomic E-state index is 12.7. The van der Waals surface area contributed by atoms with E-state index in [1.165, 1.54) is 0 Å². The number of alkyl halides is 6. The molecule has 0 N–H and O–H groups in total. The Bertz CT molecular complexity index is 1050. The molecule has 1 heterocycles. The number of fused-ring (bicyclic) bond motifs is 1. The Hall–Kier alpha value is -0.660. The van der Waals surface area contributed by atoms with Gasteiger partial charge >= 0.3 is 31.3 Å². The Morgan fingerprint density at radius 2 is 1.45 bits per heavy atom. The minimum absolute atomic E-state index is 0.00452. The highest BCUT2D eigenvalue weighted by atomic mass is 127. The molecule has 0 aliphatic heterocycles. The number of nitrogens with zero attached hydrogens (tertiary/aromatic N) is 2. The summed E-state index contributed by atoms with van der Waals surface area (Å²) in [5.41, 5.74) is -12.3. The molecule has 33 heavy (non-hydrogen) atoms. The van der Waals surface area contributed by atoms with Crippen molar-refractivity contribution in [1.82, 2.24) is 9.78 Å². The molecule has 1 unspecified atom stereocenters. The third kappa shape index (κ3) is 5.30. The molecular formula is C16H19F6IN2O6S2. The van der Waals surface area contributed by atoms with Gasteiger partial charge in [-0.1, -0.05) is 0 Å². The lowest BCUT2D eigenvalue weighted by molar-refractivity contribution is -0.0623. The first kappa shape index (κ1) is 26.9. The molecule has 1 aromatic rings. The summed E-state index contributed by atoms with van der Waals surface area (Å²) in [4.78, 5) is 0.